The van der Waals surface area contributed by atoms with Crippen LogP contribution in [0.1, 0.15) is 43.5 Å². The van der Waals surface area contributed by atoms with Crippen LogP contribution in [0.25, 0.3) is 16.9 Å². The maximum atomic E-state index is 12.8. The van der Waals surface area contributed by atoms with Gasteiger partial charge in [0.25, 0.3) is 0 Å². The number of ketones is 1. The average molecular weight is 547 g/mol. The van der Waals surface area contributed by atoms with Crippen molar-refractivity contribution in [2.24, 2.45) is 5.92 Å². The monoisotopic (exact) mass is 546 g/mol. The summed E-state index contributed by atoms with van der Waals surface area (Å²) in [6.07, 6.45) is 2.73. The minimum absolute atomic E-state index is 0.180. The molecule has 0 unspecified atom stereocenters. The molecular weight excluding hydrogens is 512 g/mol. The van der Waals surface area contributed by atoms with Crippen molar-refractivity contribution in [2.75, 3.05) is 25.5 Å². The van der Waals surface area contributed by atoms with E-state index >= 15 is 0 Å². The molecular formula is C29H34N6O3S. The Hall–Kier alpha value is -3.60. The number of benzene rings is 2. The molecule has 2 aromatic heterocycles. The van der Waals surface area contributed by atoms with Gasteiger partial charge >= 0.3 is 0 Å². The molecule has 3 heterocycles. The number of aromatic nitrogens is 3. The quantitative estimate of drug-likeness (QED) is 0.292. The third kappa shape index (κ3) is 6.35. The van der Waals surface area contributed by atoms with Crippen LogP contribution in [0.3, 0.4) is 0 Å². The third-order valence-corrected chi connectivity index (χ3v) is 8.62. The zero-order chi connectivity index (χ0) is 27.6. The normalized spacial score (nSPS) is 15.2. The molecule has 0 amide bonds. The molecule has 2 aromatic carbocycles. The van der Waals surface area contributed by atoms with Crippen LogP contribution in [-0.4, -0.2) is 59.9 Å². The zero-order valence-corrected chi connectivity index (χ0v) is 23.3. The Morgan fingerprint density at radius 2 is 1.74 bits per heavy atom. The summed E-state index contributed by atoms with van der Waals surface area (Å²) in [6, 6.07) is 19.6. The first-order valence-corrected chi connectivity index (χ1v) is 14.7. The molecule has 0 atom stereocenters. The summed E-state index contributed by atoms with van der Waals surface area (Å²) in [6.45, 7) is 5.67. The molecule has 0 saturated carbocycles. The summed E-state index contributed by atoms with van der Waals surface area (Å²) < 4.78 is 29.7. The molecule has 0 spiro atoms. The van der Waals surface area contributed by atoms with Crippen molar-refractivity contribution in [2.45, 2.75) is 44.0 Å². The summed E-state index contributed by atoms with van der Waals surface area (Å²) >= 11 is 0. The van der Waals surface area contributed by atoms with Crippen molar-refractivity contribution in [3.8, 4) is 11.3 Å². The summed E-state index contributed by atoms with van der Waals surface area (Å²) in [5, 5.41) is 7.84. The third-order valence-electron chi connectivity index (χ3n) is 6.97. The van der Waals surface area contributed by atoms with Crippen LogP contribution >= 0.6 is 0 Å². The first kappa shape index (κ1) is 27.0. The number of fused-ring (bicyclic) bond motifs is 1. The molecule has 1 aliphatic rings. The van der Waals surface area contributed by atoms with E-state index in [0.29, 0.717) is 40.8 Å². The lowest BCUT2D eigenvalue weighted by Gasteiger charge is -2.28. The number of rotatable bonds is 9. The van der Waals surface area contributed by atoms with Crippen LogP contribution in [0.2, 0.25) is 0 Å². The molecule has 0 bridgehead atoms. The van der Waals surface area contributed by atoms with Crippen molar-refractivity contribution in [1.29, 1.82) is 0 Å². The molecule has 1 aliphatic heterocycles. The predicted molar refractivity (Wildman–Crippen MR) is 153 cm³/mol. The fraction of sp³-hybridized carbons (Fsp3) is 0.345. The van der Waals surface area contributed by atoms with Crippen molar-refractivity contribution in [3.05, 3.63) is 72.3 Å². The molecule has 2 N–H and O–H groups in total. The second kappa shape index (κ2) is 11.3. The molecule has 9 nitrogen and oxygen atoms in total. The number of carbonyl (C=O) groups is 1. The van der Waals surface area contributed by atoms with E-state index in [2.05, 4.69) is 32.1 Å². The van der Waals surface area contributed by atoms with E-state index in [1.807, 2.05) is 48.5 Å². The average Bonchev–Trinajstić information content (AvgIpc) is 3.32. The van der Waals surface area contributed by atoms with Crippen LogP contribution in [0.4, 0.5) is 11.6 Å². The molecule has 5 rings (SSSR count). The number of nitrogens with one attached hydrogen (secondary N) is 2. The van der Waals surface area contributed by atoms with Crippen LogP contribution in [0.15, 0.2) is 71.6 Å². The molecule has 0 aliphatic carbocycles. The van der Waals surface area contributed by atoms with Crippen LogP contribution in [0, 0.1) is 5.92 Å². The zero-order valence-electron chi connectivity index (χ0n) is 22.5. The molecule has 10 heteroatoms. The first-order valence-electron chi connectivity index (χ1n) is 13.3. The molecule has 4 aromatic rings. The summed E-state index contributed by atoms with van der Waals surface area (Å²) in [4.78, 5) is 19.9. The second-order valence-corrected chi connectivity index (χ2v) is 12.2. The Labute approximate surface area is 229 Å². The number of likely N-dealkylation sites (tertiary alicyclic amines) is 1. The number of Topliss-reactive ketones (excluding diaryl/α,β-unsaturated/α-hetero) is 1. The van der Waals surface area contributed by atoms with Gasteiger partial charge in [0.1, 0.15) is 0 Å². The van der Waals surface area contributed by atoms with E-state index in [1.54, 1.807) is 36.6 Å². The van der Waals surface area contributed by atoms with Crippen LogP contribution < -0.4 is 10.0 Å². The number of sulfonamides is 1. The number of pyridine rings is 1. The Morgan fingerprint density at radius 3 is 2.46 bits per heavy atom. The van der Waals surface area contributed by atoms with Crippen molar-refractivity contribution >= 4 is 33.1 Å². The van der Waals surface area contributed by atoms with Gasteiger partial charge in [-0.25, -0.2) is 17.7 Å². The standard InChI is InChI=1S/C29H34N6O3S/c1-20(2)33-39(37,38)25-7-4-6-23(19-25)26-8-5-9-28-31-29(32-35(26)28)30-24-12-10-22(11-13-24)27(36)18-21-14-16-34(3)17-15-21/h4-13,19-21,33H,14-18H2,1-3H3,(H,30,32). The van der Waals surface area contributed by atoms with Gasteiger partial charge in [0, 0.05) is 29.3 Å². The largest absolute Gasteiger partial charge is 0.323 e. The van der Waals surface area contributed by atoms with Gasteiger partial charge in [0.05, 0.1) is 10.6 Å². The van der Waals surface area contributed by atoms with Gasteiger partial charge in [-0.2, -0.15) is 4.98 Å². The maximum Gasteiger partial charge on any atom is 0.247 e. The number of nitrogens with zero attached hydrogens (tertiary/aromatic N) is 4. The van der Waals surface area contributed by atoms with E-state index in [9.17, 15) is 13.2 Å². The Morgan fingerprint density at radius 1 is 1.03 bits per heavy atom. The lowest BCUT2D eigenvalue weighted by atomic mass is 9.90. The molecule has 39 heavy (non-hydrogen) atoms. The summed E-state index contributed by atoms with van der Waals surface area (Å²) in [5.74, 6) is 1.03. The smallest absolute Gasteiger partial charge is 0.247 e. The van der Waals surface area contributed by atoms with E-state index in [0.717, 1.165) is 31.6 Å². The molecule has 1 saturated heterocycles. The molecule has 1 fully saturated rings. The Balaban J connectivity index is 1.32. The van der Waals surface area contributed by atoms with Gasteiger partial charge in [0.15, 0.2) is 11.4 Å². The number of anilines is 2. The first-order chi connectivity index (χ1) is 18.7. The number of hydrogen-bond acceptors (Lipinski definition) is 7. The molecule has 0 radical (unpaired) electrons. The highest BCUT2D eigenvalue weighted by atomic mass is 32.2. The highest BCUT2D eigenvalue weighted by molar-refractivity contribution is 7.89. The van der Waals surface area contributed by atoms with E-state index < -0.39 is 10.0 Å². The summed E-state index contributed by atoms with van der Waals surface area (Å²) in [7, 11) is -1.51. The Bertz CT molecular complexity index is 1570. The summed E-state index contributed by atoms with van der Waals surface area (Å²) in [5.41, 5.74) is 3.52. The van der Waals surface area contributed by atoms with Gasteiger partial charge in [-0.3, -0.25) is 4.79 Å². The van der Waals surface area contributed by atoms with Gasteiger partial charge in [-0.15, -0.1) is 5.10 Å². The lowest BCUT2D eigenvalue weighted by molar-refractivity contribution is 0.0936. The van der Waals surface area contributed by atoms with Gasteiger partial charge < -0.3 is 10.2 Å². The van der Waals surface area contributed by atoms with E-state index in [1.165, 1.54) is 0 Å². The van der Waals surface area contributed by atoms with Gasteiger partial charge in [-0.05, 0) is 101 Å². The highest BCUT2D eigenvalue weighted by Gasteiger charge is 2.20. The lowest BCUT2D eigenvalue weighted by Crippen LogP contribution is -2.31. The number of piperidine rings is 1. The molecule has 204 valence electrons. The van der Waals surface area contributed by atoms with Crippen molar-refractivity contribution in [1.82, 2.24) is 24.2 Å². The number of hydrogen-bond donors (Lipinski definition) is 2. The topological polar surface area (TPSA) is 109 Å². The van der Waals surface area contributed by atoms with Gasteiger partial charge in [-0.1, -0.05) is 18.2 Å². The fourth-order valence-electron chi connectivity index (χ4n) is 4.89. The second-order valence-electron chi connectivity index (χ2n) is 10.5. The number of carbonyl (C=O) groups excluding carboxylic acids is 1. The van der Waals surface area contributed by atoms with E-state index in [4.69, 9.17) is 0 Å². The maximum absolute atomic E-state index is 12.8. The minimum atomic E-state index is -3.63. The fourth-order valence-corrected chi connectivity index (χ4v) is 6.19. The highest BCUT2D eigenvalue weighted by Crippen LogP contribution is 2.26. The Kier molecular flexibility index (Phi) is 7.79. The predicted octanol–water partition coefficient (Wildman–Crippen LogP) is 4.74. The van der Waals surface area contributed by atoms with Crippen molar-refractivity contribution < 1.29 is 13.2 Å². The van der Waals surface area contributed by atoms with Crippen LogP contribution in [0.5, 0.6) is 0 Å². The minimum Gasteiger partial charge on any atom is -0.323 e. The van der Waals surface area contributed by atoms with Gasteiger partial charge in [0.2, 0.25) is 16.0 Å². The SMILES string of the molecule is CC(C)NS(=O)(=O)c1cccc(-c2cccc3nc(Nc4ccc(C(=O)CC5CCN(C)CC5)cc4)nn23)c1. The van der Waals surface area contributed by atoms with Crippen LogP contribution in [-0.2, 0) is 10.0 Å². The van der Waals surface area contributed by atoms with E-state index in [-0.39, 0.29) is 16.7 Å². The van der Waals surface area contributed by atoms with Crippen molar-refractivity contribution in [3.63, 3.8) is 0 Å².